The molecule has 0 radical (unpaired) electrons. The largest absolute Gasteiger partial charge is 0.349 e. The standard InChI is InChI=1S/C11H15BrN4O3S/c12-7-5-9(10(16-13)14-6-7)11(17)15-8-1-3-20(18,19)4-2-8/h5-6,8H,1-4,13H2,(H,14,16)(H,15,17). The van der Waals surface area contributed by atoms with Crippen molar-refractivity contribution in [3.63, 3.8) is 0 Å². The van der Waals surface area contributed by atoms with Gasteiger partial charge in [-0.05, 0) is 34.8 Å². The van der Waals surface area contributed by atoms with Gasteiger partial charge in [-0.15, -0.1) is 0 Å². The number of rotatable bonds is 3. The molecular formula is C11H15BrN4O3S. The van der Waals surface area contributed by atoms with Crippen LogP contribution < -0.4 is 16.6 Å². The molecule has 2 heterocycles. The first-order valence-electron chi connectivity index (χ1n) is 6.05. The van der Waals surface area contributed by atoms with Gasteiger partial charge in [0.2, 0.25) is 0 Å². The molecule has 1 aliphatic rings. The van der Waals surface area contributed by atoms with Crippen LogP contribution in [0.3, 0.4) is 0 Å². The van der Waals surface area contributed by atoms with Crippen LogP contribution in [0, 0.1) is 0 Å². The number of carbonyl (C=O) groups is 1. The number of amides is 1. The number of hydrogen-bond acceptors (Lipinski definition) is 6. The molecule has 0 unspecified atom stereocenters. The maximum atomic E-state index is 12.2. The second-order valence-electron chi connectivity index (χ2n) is 4.59. The lowest BCUT2D eigenvalue weighted by Crippen LogP contribution is -2.41. The molecule has 1 aliphatic heterocycles. The van der Waals surface area contributed by atoms with Gasteiger partial charge >= 0.3 is 0 Å². The van der Waals surface area contributed by atoms with Gasteiger partial charge in [-0.1, -0.05) is 0 Å². The highest BCUT2D eigenvalue weighted by Crippen LogP contribution is 2.18. The second-order valence-corrected chi connectivity index (χ2v) is 7.81. The molecule has 7 nitrogen and oxygen atoms in total. The first kappa shape index (κ1) is 15.2. The zero-order chi connectivity index (χ0) is 14.8. The lowest BCUT2D eigenvalue weighted by atomic mass is 10.1. The lowest BCUT2D eigenvalue weighted by Gasteiger charge is -2.23. The van der Waals surface area contributed by atoms with Gasteiger partial charge in [0.05, 0.1) is 17.1 Å². The smallest absolute Gasteiger partial charge is 0.255 e. The minimum Gasteiger partial charge on any atom is -0.349 e. The summed E-state index contributed by atoms with van der Waals surface area (Å²) in [5, 5.41) is 2.82. The fraction of sp³-hybridized carbons (Fsp3) is 0.455. The maximum Gasteiger partial charge on any atom is 0.255 e. The minimum absolute atomic E-state index is 0.108. The molecule has 1 fully saturated rings. The number of pyridine rings is 1. The molecule has 0 aromatic carbocycles. The average molecular weight is 363 g/mol. The summed E-state index contributed by atoms with van der Waals surface area (Å²) in [6.07, 6.45) is 2.39. The monoisotopic (exact) mass is 362 g/mol. The van der Waals surface area contributed by atoms with Crippen LogP contribution >= 0.6 is 15.9 Å². The lowest BCUT2D eigenvalue weighted by molar-refractivity contribution is 0.0934. The van der Waals surface area contributed by atoms with Crippen molar-refractivity contribution in [3.05, 3.63) is 22.3 Å². The predicted molar refractivity (Wildman–Crippen MR) is 78.9 cm³/mol. The Balaban J connectivity index is 2.07. The SMILES string of the molecule is NNc1ncc(Br)cc1C(=O)NC1CCS(=O)(=O)CC1. The number of sulfone groups is 1. The summed E-state index contributed by atoms with van der Waals surface area (Å²) in [6, 6.07) is 1.47. The molecule has 1 aromatic heterocycles. The van der Waals surface area contributed by atoms with Crippen molar-refractivity contribution in [2.24, 2.45) is 5.84 Å². The van der Waals surface area contributed by atoms with Gasteiger partial charge in [0.1, 0.15) is 9.84 Å². The molecule has 0 spiro atoms. The summed E-state index contributed by atoms with van der Waals surface area (Å²) in [7, 11) is -2.94. The van der Waals surface area contributed by atoms with Crippen molar-refractivity contribution in [3.8, 4) is 0 Å². The van der Waals surface area contributed by atoms with E-state index in [9.17, 15) is 13.2 Å². The average Bonchev–Trinajstić information content (AvgIpc) is 2.41. The molecule has 0 atom stereocenters. The van der Waals surface area contributed by atoms with Crippen molar-refractivity contribution < 1.29 is 13.2 Å². The third-order valence-electron chi connectivity index (χ3n) is 3.13. The van der Waals surface area contributed by atoms with E-state index in [1.807, 2.05) is 0 Å². The number of hydrazine groups is 1. The van der Waals surface area contributed by atoms with Crippen LogP contribution in [0.15, 0.2) is 16.7 Å². The summed E-state index contributed by atoms with van der Waals surface area (Å²) < 4.78 is 23.3. The van der Waals surface area contributed by atoms with Gasteiger partial charge in [-0.3, -0.25) is 4.79 Å². The quantitative estimate of drug-likeness (QED) is 0.530. The fourth-order valence-electron chi connectivity index (χ4n) is 2.02. The van der Waals surface area contributed by atoms with E-state index in [1.165, 1.54) is 6.20 Å². The molecule has 9 heteroatoms. The molecule has 1 aromatic rings. The van der Waals surface area contributed by atoms with Crippen LogP contribution in [0.2, 0.25) is 0 Å². The van der Waals surface area contributed by atoms with Crippen LogP contribution in [0.25, 0.3) is 0 Å². The molecule has 2 rings (SSSR count). The highest BCUT2D eigenvalue weighted by atomic mass is 79.9. The number of carbonyl (C=O) groups excluding carboxylic acids is 1. The molecule has 1 amide bonds. The van der Waals surface area contributed by atoms with Gasteiger partial charge in [0.15, 0.2) is 5.82 Å². The first-order valence-corrected chi connectivity index (χ1v) is 8.66. The van der Waals surface area contributed by atoms with Crippen molar-refractivity contribution in [2.75, 3.05) is 16.9 Å². The Morgan fingerprint density at radius 3 is 2.65 bits per heavy atom. The number of nitrogens with one attached hydrogen (secondary N) is 2. The van der Waals surface area contributed by atoms with Crippen LogP contribution in [0.4, 0.5) is 5.82 Å². The number of anilines is 1. The summed E-state index contributed by atoms with van der Waals surface area (Å²) in [5.41, 5.74) is 2.68. The number of nitrogens with zero attached hydrogens (tertiary/aromatic N) is 1. The van der Waals surface area contributed by atoms with E-state index in [0.29, 0.717) is 22.9 Å². The summed E-state index contributed by atoms with van der Waals surface area (Å²) in [6.45, 7) is 0. The Morgan fingerprint density at radius 1 is 1.40 bits per heavy atom. The van der Waals surface area contributed by atoms with Crippen LogP contribution in [-0.4, -0.2) is 36.9 Å². The van der Waals surface area contributed by atoms with Gasteiger partial charge in [0, 0.05) is 16.7 Å². The van der Waals surface area contributed by atoms with Gasteiger partial charge in [-0.25, -0.2) is 19.2 Å². The van der Waals surface area contributed by atoms with E-state index < -0.39 is 9.84 Å². The van der Waals surface area contributed by atoms with Crippen molar-refractivity contribution >= 4 is 37.5 Å². The van der Waals surface area contributed by atoms with E-state index in [2.05, 4.69) is 31.7 Å². The van der Waals surface area contributed by atoms with Crippen LogP contribution in [-0.2, 0) is 9.84 Å². The summed E-state index contributed by atoms with van der Waals surface area (Å²) in [4.78, 5) is 16.2. The van der Waals surface area contributed by atoms with E-state index in [4.69, 9.17) is 5.84 Å². The fourth-order valence-corrected chi connectivity index (χ4v) is 3.85. The normalized spacial score (nSPS) is 18.5. The van der Waals surface area contributed by atoms with E-state index >= 15 is 0 Å². The molecule has 1 saturated heterocycles. The number of nitrogens with two attached hydrogens (primary N) is 1. The van der Waals surface area contributed by atoms with Gasteiger partial charge < -0.3 is 10.7 Å². The highest BCUT2D eigenvalue weighted by molar-refractivity contribution is 9.10. The zero-order valence-electron chi connectivity index (χ0n) is 10.6. The zero-order valence-corrected chi connectivity index (χ0v) is 13.0. The van der Waals surface area contributed by atoms with Gasteiger partial charge in [-0.2, -0.15) is 0 Å². The Hall–Kier alpha value is -1.19. The Kier molecular flexibility index (Phi) is 4.61. The molecular weight excluding hydrogens is 348 g/mol. The number of nitrogen functional groups attached to an aromatic ring is 1. The topological polar surface area (TPSA) is 114 Å². The summed E-state index contributed by atoms with van der Waals surface area (Å²) >= 11 is 3.24. The van der Waals surface area contributed by atoms with Crippen LogP contribution in [0.1, 0.15) is 23.2 Å². The molecule has 0 aliphatic carbocycles. The Bertz CT molecular complexity index is 606. The van der Waals surface area contributed by atoms with E-state index in [-0.39, 0.29) is 29.3 Å². The molecule has 0 saturated carbocycles. The third-order valence-corrected chi connectivity index (χ3v) is 5.27. The van der Waals surface area contributed by atoms with E-state index in [0.717, 1.165) is 0 Å². The van der Waals surface area contributed by atoms with Crippen molar-refractivity contribution in [2.45, 2.75) is 18.9 Å². The first-order chi connectivity index (χ1) is 9.41. The number of hydrogen-bond donors (Lipinski definition) is 3. The second kappa shape index (κ2) is 6.06. The molecule has 20 heavy (non-hydrogen) atoms. The number of halogens is 1. The maximum absolute atomic E-state index is 12.2. The predicted octanol–water partition coefficient (Wildman–Crippen LogP) is 0.437. The third kappa shape index (κ3) is 3.68. The Morgan fingerprint density at radius 2 is 2.05 bits per heavy atom. The molecule has 4 N–H and O–H groups in total. The molecule has 110 valence electrons. The molecule has 0 bridgehead atoms. The number of aromatic nitrogens is 1. The minimum atomic E-state index is -2.94. The van der Waals surface area contributed by atoms with Crippen LogP contribution in [0.5, 0.6) is 0 Å². The highest BCUT2D eigenvalue weighted by Gasteiger charge is 2.25. The van der Waals surface area contributed by atoms with Crippen molar-refractivity contribution in [1.82, 2.24) is 10.3 Å². The Labute approximate surface area is 125 Å². The van der Waals surface area contributed by atoms with Crippen molar-refractivity contribution in [1.29, 1.82) is 0 Å². The summed E-state index contributed by atoms with van der Waals surface area (Å²) in [5.74, 6) is 5.48. The van der Waals surface area contributed by atoms with E-state index in [1.54, 1.807) is 6.07 Å². The van der Waals surface area contributed by atoms with Gasteiger partial charge in [0.25, 0.3) is 5.91 Å².